The lowest BCUT2D eigenvalue weighted by Crippen LogP contribution is -2.21. The molecule has 3 aromatic carbocycles. The highest BCUT2D eigenvalue weighted by Crippen LogP contribution is 2.29. The van der Waals surface area contributed by atoms with E-state index in [9.17, 15) is 9.59 Å². The van der Waals surface area contributed by atoms with Crippen molar-refractivity contribution in [2.24, 2.45) is 5.92 Å². The first-order valence-electron chi connectivity index (χ1n) is 12.4. The lowest BCUT2D eigenvalue weighted by atomic mass is 9.90. The van der Waals surface area contributed by atoms with Crippen LogP contribution in [0.4, 0.5) is 0 Å². The summed E-state index contributed by atoms with van der Waals surface area (Å²) in [6.45, 7) is 0. The summed E-state index contributed by atoms with van der Waals surface area (Å²) in [5, 5.41) is 0. The van der Waals surface area contributed by atoms with Crippen LogP contribution in [0.2, 0.25) is 0 Å². The minimum atomic E-state index is -0.786. The fraction of sp³-hybridized carbons (Fsp3) is 0.250. The third-order valence-corrected chi connectivity index (χ3v) is 6.18. The molecule has 3 rings (SSSR count). The monoisotopic (exact) mass is 514 g/mol. The van der Waals surface area contributed by atoms with Gasteiger partial charge in [-0.1, -0.05) is 54.6 Å². The summed E-state index contributed by atoms with van der Waals surface area (Å²) >= 11 is 0. The molecule has 0 spiro atoms. The number of carbonyl (C=O) groups excluding carboxylic acids is 2. The first kappa shape index (κ1) is 28.3. The third kappa shape index (κ3) is 7.84. The maximum atomic E-state index is 13.2. The van der Waals surface area contributed by atoms with E-state index >= 15 is 0 Å². The molecule has 38 heavy (non-hydrogen) atoms. The Hall–Kier alpha value is -4.32. The van der Waals surface area contributed by atoms with Gasteiger partial charge in [-0.05, 0) is 72.4 Å². The van der Waals surface area contributed by atoms with E-state index in [0.717, 1.165) is 17.5 Å². The average molecular weight is 515 g/mol. The maximum Gasteiger partial charge on any atom is 0.166 e. The van der Waals surface area contributed by atoms with Gasteiger partial charge in [-0.2, -0.15) is 0 Å². The van der Waals surface area contributed by atoms with Gasteiger partial charge in [0.2, 0.25) is 0 Å². The smallest absolute Gasteiger partial charge is 0.166 e. The van der Waals surface area contributed by atoms with E-state index in [4.69, 9.17) is 18.9 Å². The second-order valence-electron chi connectivity index (χ2n) is 8.63. The summed E-state index contributed by atoms with van der Waals surface area (Å²) in [5.74, 6) is 1.07. The predicted octanol–water partition coefficient (Wildman–Crippen LogP) is 6.22. The van der Waals surface area contributed by atoms with Crippen LogP contribution in [0.3, 0.4) is 0 Å². The molecule has 0 atom stereocenters. The predicted molar refractivity (Wildman–Crippen MR) is 150 cm³/mol. The Labute approximate surface area is 224 Å². The lowest BCUT2D eigenvalue weighted by Gasteiger charge is -2.12. The van der Waals surface area contributed by atoms with Gasteiger partial charge in [-0.3, -0.25) is 9.59 Å². The molecule has 0 aromatic heterocycles. The molecule has 198 valence electrons. The highest BCUT2D eigenvalue weighted by Gasteiger charge is 2.22. The van der Waals surface area contributed by atoms with Gasteiger partial charge in [-0.15, -0.1) is 0 Å². The van der Waals surface area contributed by atoms with E-state index in [0.29, 0.717) is 35.8 Å². The molecule has 0 N–H and O–H groups in total. The van der Waals surface area contributed by atoms with Gasteiger partial charge in [0.25, 0.3) is 0 Å². The highest BCUT2D eigenvalue weighted by atomic mass is 16.5. The van der Waals surface area contributed by atoms with Crippen molar-refractivity contribution in [3.05, 3.63) is 95.6 Å². The number of ether oxygens (including phenoxy) is 4. The van der Waals surface area contributed by atoms with Crippen LogP contribution in [0, 0.1) is 5.92 Å². The largest absolute Gasteiger partial charge is 0.493 e. The van der Waals surface area contributed by atoms with Crippen LogP contribution in [0.1, 0.15) is 29.5 Å². The van der Waals surface area contributed by atoms with E-state index < -0.39 is 5.92 Å². The summed E-state index contributed by atoms with van der Waals surface area (Å²) in [4.78, 5) is 26.5. The zero-order chi connectivity index (χ0) is 27.3. The van der Waals surface area contributed by atoms with Crippen molar-refractivity contribution in [3.8, 4) is 23.0 Å². The number of allylic oxidation sites excluding steroid dienone is 2. The molecular weight excluding hydrogens is 480 g/mol. The van der Waals surface area contributed by atoms with Crippen molar-refractivity contribution >= 4 is 23.7 Å². The van der Waals surface area contributed by atoms with E-state index in [-0.39, 0.29) is 11.6 Å². The number of ketones is 2. The standard InChI is InChI=1S/C32H34O6/c1-35-29-19-15-24(21-31(29)37-3)13-17-27(33)26(12-8-11-23-9-6-5-7-10-23)28(34)18-14-25-16-20-30(36-2)32(22-25)38-4/h5-7,9-10,13-22,26H,8,11-12H2,1-4H3/b17-13+,18-14+. The van der Waals surface area contributed by atoms with Gasteiger partial charge in [0.15, 0.2) is 34.6 Å². The Balaban J connectivity index is 1.78. The fourth-order valence-electron chi connectivity index (χ4n) is 4.08. The van der Waals surface area contributed by atoms with E-state index in [1.807, 2.05) is 42.5 Å². The van der Waals surface area contributed by atoms with Crippen LogP contribution in [0.25, 0.3) is 12.2 Å². The molecule has 0 heterocycles. The topological polar surface area (TPSA) is 71.1 Å². The van der Waals surface area contributed by atoms with Crippen LogP contribution in [0.15, 0.2) is 78.9 Å². The Morgan fingerprint density at radius 3 is 1.58 bits per heavy atom. The van der Waals surface area contributed by atoms with Gasteiger partial charge < -0.3 is 18.9 Å². The quantitative estimate of drug-likeness (QED) is 0.188. The summed E-state index contributed by atoms with van der Waals surface area (Å²) < 4.78 is 21.2. The highest BCUT2D eigenvalue weighted by molar-refractivity contribution is 6.13. The van der Waals surface area contributed by atoms with Crippen LogP contribution in [-0.2, 0) is 16.0 Å². The first-order valence-corrected chi connectivity index (χ1v) is 12.4. The minimum Gasteiger partial charge on any atom is -0.493 e. The summed E-state index contributed by atoms with van der Waals surface area (Å²) in [7, 11) is 6.25. The number of carbonyl (C=O) groups is 2. The molecule has 0 amide bonds. The van der Waals surface area contributed by atoms with Crippen LogP contribution in [0.5, 0.6) is 23.0 Å². The molecule has 6 heteroatoms. The van der Waals surface area contributed by atoms with Gasteiger partial charge >= 0.3 is 0 Å². The maximum absolute atomic E-state index is 13.2. The molecule has 0 radical (unpaired) electrons. The Bertz CT molecular complexity index is 1200. The molecule has 0 aliphatic rings. The van der Waals surface area contributed by atoms with Gasteiger partial charge in [-0.25, -0.2) is 0 Å². The zero-order valence-corrected chi connectivity index (χ0v) is 22.3. The normalized spacial score (nSPS) is 11.2. The van der Waals surface area contributed by atoms with Crippen molar-refractivity contribution in [1.82, 2.24) is 0 Å². The Morgan fingerprint density at radius 1 is 0.658 bits per heavy atom. The molecule has 0 saturated carbocycles. The average Bonchev–Trinajstić information content (AvgIpc) is 2.96. The molecule has 3 aromatic rings. The number of aryl methyl sites for hydroxylation is 1. The van der Waals surface area contributed by atoms with Crippen LogP contribution in [-0.4, -0.2) is 40.0 Å². The van der Waals surface area contributed by atoms with Gasteiger partial charge in [0, 0.05) is 0 Å². The van der Waals surface area contributed by atoms with Crippen molar-refractivity contribution in [2.45, 2.75) is 19.3 Å². The fourth-order valence-corrected chi connectivity index (χ4v) is 4.08. The Morgan fingerprint density at radius 2 is 1.13 bits per heavy atom. The summed E-state index contributed by atoms with van der Waals surface area (Å²) in [6.07, 6.45) is 8.27. The molecule has 0 aliphatic carbocycles. The second-order valence-corrected chi connectivity index (χ2v) is 8.63. The number of benzene rings is 3. The van der Waals surface area contributed by atoms with Crippen molar-refractivity contribution in [3.63, 3.8) is 0 Å². The zero-order valence-electron chi connectivity index (χ0n) is 22.3. The molecule has 0 saturated heterocycles. The van der Waals surface area contributed by atoms with Crippen LogP contribution >= 0.6 is 0 Å². The molecule has 0 unspecified atom stereocenters. The van der Waals surface area contributed by atoms with Crippen molar-refractivity contribution in [1.29, 1.82) is 0 Å². The number of hydrogen-bond donors (Lipinski definition) is 0. The number of hydrogen-bond acceptors (Lipinski definition) is 6. The van der Waals surface area contributed by atoms with E-state index in [2.05, 4.69) is 0 Å². The lowest BCUT2D eigenvalue weighted by molar-refractivity contribution is -0.127. The van der Waals surface area contributed by atoms with E-state index in [1.165, 1.54) is 17.7 Å². The summed E-state index contributed by atoms with van der Waals surface area (Å²) in [6, 6.07) is 20.8. The van der Waals surface area contributed by atoms with Crippen molar-refractivity contribution in [2.75, 3.05) is 28.4 Å². The molecule has 0 aliphatic heterocycles. The Kier molecular flexibility index (Phi) is 10.7. The molecule has 6 nitrogen and oxygen atoms in total. The number of rotatable bonds is 14. The van der Waals surface area contributed by atoms with Gasteiger partial charge in [0.05, 0.1) is 34.4 Å². The molecular formula is C32H34O6. The van der Waals surface area contributed by atoms with Crippen molar-refractivity contribution < 1.29 is 28.5 Å². The third-order valence-electron chi connectivity index (χ3n) is 6.18. The molecule has 0 bridgehead atoms. The SMILES string of the molecule is COc1ccc(/C=C/C(=O)C(CCCc2ccccc2)C(=O)/C=C/c2ccc(OC)c(OC)c2)cc1OC. The van der Waals surface area contributed by atoms with E-state index in [1.54, 1.807) is 64.9 Å². The molecule has 0 fully saturated rings. The second kappa shape index (κ2) is 14.4. The minimum absolute atomic E-state index is 0.241. The first-order chi connectivity index (χ1) is 18.5. The van der Waals surface area contributed by atoms with Crippen LogP contribution < -0.4 is 18.9 Å². The summed E-state index contributed by atoms with van der Waals surface area (Å²) in [5.41, 5.74) is 2.72. The number of methoxy groups -OCH3 is 4. The van der Waals surface area contributed by atoms with Gasteiger partial charge in [0.1, 0.15) is 0 Å².